The Labute approximate surface area is 115 Å². The molecule has 0 spiro atoms. The fraction of sp³-hybridized carbons (Fsp3) is 0.333. The van der Waals surface area contributed by atoms with Crippen LogP contribution in [0.15, 0.2) is 36.4 Å². The molecule has 0 saturated carbocycles. The van der Waals surface area contributed by atoms with Crippen LogP contribution in [0.1, 0.15) is 30.5 Å². The first-order chi connectivity index (χ1) is 9.19. The molecule has 1 nitrogen and oxygen atoms in total. The van der Waals surface area contributed by atoms with Crippen LogP contribution in [0.5, 0.6) is 5.75 Å². The van der Waals surface area contributed by atoms with Crippen molar-refractivity contribution >= 4 is 0 Å². The minimum Gasteiger partial charge on any atom is -0.489 e. The number of ether oxygens (including phenoxy) is 1. The van der Waals surface area contributed by atoms with Crippen LogP contribution < -0.4 is 4.74 Å². The van der Waals surface area contributed by atoms with Crippen molar-refractivity contribution in [3.05, 3.63) is 53.1 Å². The van der Waals surface area contributed by atoms with Crippen LogP contribution in [0, 0.1) is 6.92 Å². The van der Waals surface area contributed by atoms with Gasteiger partial charge in [-0.15, -0.1) is 0 Å². The molecule has 0 aromatic heterocycles. The summed E-state index contributed by atoms with van der Waals surface area (Å²) in [5, 5.41) is 0. The summed E-state index contributed by atoms with van der Waals surface area (Å²) in [6.07, 6.45) is 2.40. The van der Waals surface area contributed by atoms with E-state index < -0.39 is 0 Å². The summed E-state index contributed by atoms with van der Waals surface area (Å²) >= 11 is 0. The first-order valence-electron chi connectivity index (χ1n) is 7.07. The lowest BCUT2D eigenvalue weighted by Crippen LogP contribution is -2.05. The second kappa shape index (κ2) is 4.73. The van der Waals surface area contributed by atoms with Crippen LogP contribution in [0.25, 0.3) is 11.1 Å². The van der Waals surface area contributed by atoms with Crippen molar-refractivity contribution in [2.24, 2.45) is 0 Å². The standard InChI is InChI=1S/C18H20O/c1-4-14-10-15-9-13(3)19-18(15)17(11-14)16-8-6-5-7-12(16)2/h5-8,10-11,13H,4,9H2,1-3H3. The van der Waals surface area contributed by atoms with Crippen LogP contribution in [0.2, 0.25) is 0 Å². The lowest BCUT2D eigenvalue weighted by atomic mass is 9.94. The van der Waals surface area contributed by atoms with Gasteiger partial charge in [-0.3, -0.25) is 0 Å². The number of hydrogen-bond donors (Lipinski definition) is 0. The van der Waals surface area contributed by atoms with Crippen molar-refractivity contribution < 1.29 is 4.74 Å². The van der Waals surface area contributed by atoms with Crippen LogP contribution in [-0.2, 0) is 12.8 Å². The molecule has 0 fully saturated rings. The van der Waals surface area contributed by atoms with E-state index in [0.717, 1.165) is 18.6 Å². The van der Waals surface area contributed by atoms with Crippen LogP contribution in [0.3, 0.4) is 0 Å². The zero-order valence-electron chi connectivity index (χ0n) is 11.9. The highest BCUT2D eigenvalue weighted by Crippen LogP contribution is 2.40. The van der Waals surface area contributed by atoms with Crippen molar-refractivity contribution in [2.75, 3.05) is 0 Å². The van der Waals surface area contributed by atoms with Crippen LogP contribution in [-0.4, -0.2) is 6.10 Å². The third-order valence-electron chi connectivity index (χ3n) is 3.90. The van der Waals surface area contributed by atoms with Crippen LogP contribution >= 0.6 is 0 Å². The molecule has 0 radical (unpaired) electrons. The van der Waals surface area contributed by atoms with Gasteiger partial charge in [-0.25, -0.2) is 0 Å². The first kappa shape index (κ1) is 12.3. The highest BCUT2D eigenvalue weighted by Gasteiger charge is 2.23. The molecule has 1 aliphatic heterocycles. The van der Waals surface area contributed by atoms with E-state index in [4.69, 9.17) is 4.74 Å². The molecule has 0 amide bonds. The van der Waals surface area contributed by atoms with Gasteiger partial charge in [0.25, 0.3) is 0 Å². The average Bonchev–Trinajstić information content (AvgIpc) is 2.78. The number of hydrogen-bond acceptors (Lipinski definition) is 1. The third kappa shape index (κ3) is 2.14. The fourth-order valence-corrected chi connectivity index (χ4v) is 2.88. The molecule has 1 heterocycles. The van der Waals surface area contributed by atoms with Gasteiger partial charge in [-0.1, -0.05) is 37.3 Å². The molecule has 2 aromatic carbocycles. The molecule has 2 aromatic rings. The van der Waals surface area contributed by atoms with E-state index in [-0.39, 0.29) is 0 Å². The normalized spacial score (nSPS) is 17.1. The van der Waals surface area contributed by atoms with E-state index in [9.17, 15) is 0 Å². The minimum atomic E-state index is 0.296. The molecule has 1 heteroatoms. The largest absolute Gasteiger partial charge is 0.489 e. The Hall–Kier alpha value is -1.76. The second-order valence-corrected chi connectivity index (χ2v) is 5.43. The van der Waals surface area contributed by atoms with Gasteiger partial charge in [-0.05, 0) is 48.6 Å². The Balaban J connectivity index is 2.21. The summed E-state index contributed by atoms with van der Waals surface area (Å²) in [7, 11) is 0. The van der Waals surface area contributed by atoms with Gasteiger partial charge in [0, 0.05) is 12.0 Å². The Morgan fingerprint density at radius 2 is 1.95 bits per heavy atom. The monoisotopic (exact) mass is 252 g/mol. The maximum atomic E-state index is 6.05. The Morgan fingerprint density at radius 3 is 2.68 bits per heavy atom. The molecule has 1 unspecified atom stereocenters. The van der Waals surface area contributed by atoms with Crippen molar-refractivity contribution in [2.45, 2.75) is 39.7 Å². The Morgan fingerprint density at radius 1 is 1.16 bits per heavy atom. The topological polar surface area (TPSA) is 9.23 Å². The van der Waals surface area contributed by atoms with E-state index in [2.05, 4.69) is 57.2 Å². The van der Waals surface area contributed by atoms with E-state index in [0.29, 0.717) is 6.10 Å². The summed E-state index contributed by atoms with van der Waals surface area (Å²) in [5.74, 6) is 1.10. The zero-order chi connectivity index (χ0) is 13.4. The van der Waals surface area contributed by atoms with Crippen LogP contribution in [0.4, 0.5) is 0 Å². The molecule has 0 aliphatic carbocycles. The number of rotatable bonds is 2. The number of fused-ring (bicyclic) bond motifs is 1. The molecule has 1 atom stereocenters. The molecule has 0 N–H and O–H groups in total. The number of aryl methyl sites for hydroxylation is 2. The molecule has 0 saturated heterocycles. The van der Waals surface area contributed by atoms with Crippen molar-refractivity contribution in [3.8, 4) is 16.9 Å². The lowest BCUT2D eigenvalue weighted by molar-refractivity contribution is 0.255. The molecule has 3 rings (SSSR count). The maximum absolute atomic E-state index is 6.05. The highest BCUT2D eigenvalue weighted by molar-refractivity contribution is 5.76. The average molecular weight is 252 g/mol. The third-order valence-corrected chi connectivity index (χ3v) is 3.90. The SMILES string of the molecule is CCc1cc2c(c(-c3ccccc3C)c1)OC(C)C2. The predicted octanol–water partition coefficient (Wildman–Crippen LogP) is 4.55. The van der Waals surface area contributed by atoms with E-state index in [1.54, 1.807) is 0 Å². The summed E-state index contributed by atoms with van der Waals surface area (Å²) in [6, 6.07) is 13.1. The first-order valence-corrected chi connectivity index (χ1v) is 7.07. The lowest BCUT2D eigenvalue weighted by Gasteiger charge is -2.13. The van der Waals surface area contributed by atoms with Gasteiger partial charge in [0.1, 0.15) is 11.9 Å². The Bertz CT molecular complexity index is 613. The van der Waals surface area contributed by atoms with Crippen molar-refractivity contribution in [1.29, 1.82) is 0 Å². The van der Waals surface area contributed by atoms with Crippen molar-refractivity contribution in [1.82, 2.24) is 0 Å². The zero-order valence-corrected chi connectivity index (χ0v) is 11.9. The highest BCUT2D eigenvalue weighted by atomic mass is 16.5. The Kier molecular flexibility index (Phi) is 3.06. The summed E-state index contributed by atoms with van der Waals surface area (Å²) in [5.41, 5.74) is 6.63. The fourth-order valence-electron chi connectivity index (χ4n) is 2.88. The summed E-state index contributed by atoms with van der Waals surface area (Å²) < 4.78 is 6.05. The molecule has 19 heavy (non-hydrogen) atoms. The van der Waals surface area contributed by atoms with Gasteiger partial charge in [-0.2, -0.15) is 0 Å². The molecule has 1 aliphatic rings. The molecule has 0 bridgehead atoms. The molecular formula is C18H20O. The predicted molar refractivity (Wildman–Crippen MR) is 79.8 cm³/mol. The van der Waals surface area contributed by atoms with E-state index in [1.807, 2.05) is 0 Å². The number of benzene rings is 2. The van der Waals surface area contributed by atoms with Gasteiger partial charge in [0.05, 0.1) is 0 Å². The molecular weight excluding hydrogens is 232 g/mol. The smallest absolute Gasteiger partial charge is 0.130 e. The van der Waals surface area contributed by atoms with Gasteiger partial charge < -0.3 is 4.74 Å². The van der Waals surface area contributed by atoms with Gasteiger partial charge in [0.15, 0.2) is 0 Å². The van der Waals surface area contributed by atoms with E-state index >= 15 is 0 Å². The summed E-state index contributed by atoms with van der Waals surface area (Å²) in [6.45, 7) is 6.52. The van der Waals surface area contributed by atoms with Crippen molar-refractivity contribution in [3.63, 3.8) is 0 Å². The maximum Gasteiger partial charge on any atom is 0.130 e. The quantitative estimate of drug-likeness (QED) is 0.762. The summed E-state index contributed by atoms with van der Waals surface area (Å²) in [4.78, 5) is 0. The van der Waals surface area contributed by atoms with Gasteiger partial charge in [0.2, 0.25) is 0 Å². The minimum absolute atomic E-state index is 0.296. The molecule has 98 valence electrons. The van der Waals surface area contributed by atoms with Gasteiger partial charge >= 0.3 is 0 Å². The van der Waals surface area contributed by atoms with E-state index in [1.165, 1.54) is 27.8 Å². The second-order valence-electron chi connectivity index (χ2n) is 5.43.